The number of furan rings is 1. The molecular weight excluding hydrogens is 765 g/mol. The molecule has 0 atom stereocenters. The van der Waals surface area contributed by atoms with Crippen LogP contribution < -0.4 is 4.90 Å². The summed E-state index contributed by atoms with van der Waals surface area (Å²) in [5, 5.41) is 4.70. The summed E-state index contributed by atoms with van der Waals surface area (Å²) in [6, 6.07) is 87.1. The van der Waals surface area contributed by atoms with Crippen LogP contribution in [-0.2, 0) is 0 Å². The van der Waals surface area contributed by atoms with E-state index in [0.29, 0.717) is 0 Å². The van der Waals surface area contributed by atoms with Gasteiger partial charge in [-0.3, -0.25) is 0 Å². The summed E-state index contributed by atoms with van der Waals surface area (Å²) in [4.78, 5) is 2.37. The predicted molar refractivity (Wildman–Crippen MR) is 264 cm³/mol. The summed E-state index contributed by atoms with van der Waals surface area (Å²) >= 11 is 0. The summed E-state index contributed by atoms with van der Waals surface area (Å²) < 4.78 is 8.75. The minimum Gasteiger partial charge on any atom is -0.456 e. The summed E-state index contributed by atoms with van der Waals surface area (Å²) in [7, 11) is 0. The van der Waals surface area contributed by atoms with Gasteiger partial charge in [0.25, 0.3) is 0 Å². The number of para-hydroxylation sites is 4. The van der Waals surface area contributed by atoms with Gasteiger partial charge in [0.05, 0.1) is 16.7 Å². The van der Waals surface area contributed by atoms with Gasteiger partial charge < -0.3 is 13.9 Å². The zero-order valence-corrected chi connectivity index (χ0v) is 34.4. The van der Waals surface area contributed by atoms with Gasteiger partial charge in [0.2, 0.25) is 0 Å². The van der Waals surface area contributed by atoms with Gasteiger partial charge in [-0.15, -0.1) is 0 Å². The molecule has 12 rings (SSSR count). The second-order valence-electron chi connectivity index (χ2n) is 16.1. The molecule has 2 aromatic heterocycles. The van der Waals surface area contributed by atoms with Crippen molar-refractivity contribution in [2.75, 3.05) is 4.90 Å². The van der Waals surface area contributed by atoms with Crippen molar-refractivity contribution in [2.24, 2.45) is 0 Å². The van der Waals surface area contributed by atoms with E-state index in [2.05, 4.69) is 240 Å². The molecule has 296 valence electrons. The molecule has 0 N–H and O–H groups in total. The van der Waals surface area contributed by atoms with Crippen LogP contribution in [0, 0.1) is 0 Å². The second kappa shape index (κ2) is 15.3. The number of hydrogen-bond donors (Lipinski definition) is 0. The first-order valence-corrected chi connectivity index (χ1v) is 21.5. The lowest BCUT2D eigenvalue weighted by molar-refractivity contribution is 0.668. The highest BCUT2D eigenvalue weighted by molar-refractivity contribution is 6.16. The maximum absolute atomic E-state index is 6.37. The van der Waals surface area contributed by atoms with E-state index < -0.39 is 0 Å². The van der Waals surface area contributed by atoms with Crippen LogP contribution in [-0.4, -0.2) is 4.57 Å². The normalized spacial score (nSPS) is 11.5. The van der Waals surface area contributed by atoms with Crippen molar-refractivity contribution >= 4 is 60.8 Å². The Bertz CT molecular complexity index is 3600. The molecular formula is C60H40N2O. The first-order valence-electron chi connectivity index (χ1n) is 21.5. The van der Waals surface area contributed by atoms with Gasteiger partial charge in [-0.2, -0.15) is 0 Å². The van der Waals surface area contributed by atoms with E-state index in [-0.39, 0.29) is 0 Å². The highest BCUT2D eigenvalue weighted by Crippen LogP contribution is 2.44. The Morgan fingerprint density at radius 1 is 0.317 bits per heavy atom. The van der Waals surface area contributed by atoms with Crippen LogP contribution >= 0.6 is 0 Å². The van der Waals surface area contributed by atoms with E-state index in [1.54, 1.807) is 0 Å². The van der Waals surface area contributed by atoms with Gasteiger partial charge in [0, 0.05) is 50.2 Å². The van der Waals surface area contributed by atoms with Crippen molar-refractivity contribution in [3.8, 4) is 50.2 Å². The molecule has 10 aromatic carbocycles. The van der Waals surface area contributed by atoms with E-state index in [9.17, 15) is 0 Å². The Kier molecular flexibility index (Phi) is 8.83. The summed E-state index contributed by atoms with van der Waals surface area (Å²) in [5.74, 6) is 0. The topological polar surface area (TPSA) is 21.3 Å². The number of hydrogen-bond acceptors (Lipinski definition) is 2. The molecule has 12 aromatic rings. The Morgan fingerprint density at radius 2 is 0.841 bits per heavy atom. The fourth-order valence-corrected chi connectivity index (χ4v) is 9.45. The number of rotatable bonds is 8. The van der Waals surface area contributed by atoms with Crippen LogP contribution in [0.1, 0.15) is 0 Å². The number of anilines is 3. The number of benzene rings is 10. The van der Waals surface area contributed by atoms with Gasteiger partial charge in [-0.1, -0.05) is 170 Å². The maximum Gasteiger partial charge on any atom is 0.137 e. The molecule has 0 saturated carbocycles. The second-order valence-corrected chi connectivity index (χ2v) is 16.1. The smallest absolute Gasteiger partial charge is 0.137 e. The highest BCUT2D eigenvalue weighted by Gasteiger charge is 2.20. The van der Waals surface area contributed by atoms with Crippen LogP contribution in [0.25, 0.3) is 93.9 Å². The summed E-state index contributed by atoms with van der Waals surface area (Å²) in [6.07, 6.45) is 0. The predicted octanol–water partition coefficient (Wildman–Crippen LogP) is 16.8. The zero-order valence-electron chi connectivity index (χ0n) is 34.4. The standard InChI is InChI=1S/C60H40N2O/c1-3-15-41(16-4-1)42-29-31-43(32-30-42)44-33-35-48(36-34-44)61(47-19-5-2-6-20-47)55-25-10-7-21-50(55)45-17-13-18-46(39-45)51-24-14-27-57-60(51)54-23-8-11-26-56(54)62(57)49-37-38-53-52-22-9-12-28-58(52)63-59(53)40-49/h1-40H. The van der Waals surface area contributed by atoms with Gasteiger partial charge in [0.1, 0.15) is 11.2 Å². The molecule has 0 unspecified atom stereocenters. The first-order chi connectivity index (χ1) is 31.2. The molecule has 3 heteroatoms. The first kappa shape index (κ1) is 36.5. The van der Waals surface area contributed by atoms with Crippen LogP contribution in [0.15, 0.2) is 247 Å². The SMILES string of the molecule is c1ccc(-c2ccc(-c3ccc(N(c4ccccc4)c4ccccc4-c4cccc(-c5cccc6c5c5ccccc5n6-c5ccc6c(c5)oc5ccccc56)c4)cc3)cc2)cc1. The van der Waals surface area contributed by atoms with Crippen LogP contribution in [0.4, 0.5) is 17.1 Å². The monoisotopic (exact) mass is 804 g/mol. The van der Waals surface area contributed by atoms with E-state index in [0.717, 1.165) is 72.4 Å². The Morgan fingerprint density at radius 3 is 1.62 bits per heavy atom. The van der Waals surface area contributed by atoms with Gasteiger partial charge in [-0.25, -0.2) is 0 Å². The molecule has 3 nitrogen and oxygen atoms in total. The van der Waals surface area contributed by atoms with E-state index in [1.165, 1.54) is 38.6 Å². The molecule has 0 fully saturated rings. The van der Waals surface area contributed by atoms with Crippen molar-refractivity contribution in [3.05, 3.63) is 243 Å². The molecule has 0 amide bonds. The molecule has 63 heavy (non-hydrogen) atoms. The van der Waals surface area contributed by atoms with Gasteiger partial charge >= 0.3 is 0 Å². The van der Waals surface area contributed by atoms with Crippen molar-refractivity contribution in [3.63, 3.8) is 0 Å². The highest BCUT2D eigenvalue weighted by atomic mass is 16.3. The van der Waals surface area contributed by atoms with Crippen molar-refractivity contribution in [1.82, 2.24) is 4.57 Å². The largest absolute Gasteiger partial charge is 0.456 e. The molecule has 0 aliphatic carbocycles. The minimum absolute atomic E-state index is 0.886. The van der Waals surface area contributed by atoms with Crippen LogP contribution in [0.3, 0.4) is 0 Å². The van der Waals surface area contributed by atoms with Gasteiger partial charge in [-0.05, 0) is 106 Å². The number of nitrogens with zero attached hydrogens (tertiary/aromatic N) is 2. The molecule has 0 radical (unpaired) electrons. The maximum atomic E-state index is 6.37. The number of fused-ring (bicyclic) bond motifs is 6. The number of aromatic nitrogens is 1. The van der Waals surface area contributed by atoms with Crippen LogP contribution in [0.5, 0.6) is 0 Å². The molecule has 2 heterocycles. The molecule has 0 saturated heterocycles. The molecule has 0 aliphatic heterocycles. The van der Waals surface area contributed by atoms with Crippen LogP contribution in [0.2, 0.25) is 0 Å². The van der Waals surface area contributed by atoms with Crippen molar-refractivity contribution in [1.29, 1.82) is 0 Å². The van der Waals surface area contributed by atoms with E-state index in [4.69, 9.17) is 4.42 Å². The van der Waals surface area contributed by atoms with E-state index in [1.807, 2.05) is 12.1 Å². The Balaban J connectivity index is 0.944. The molecule has 0 aliphatic rings. The Hall–Kier alpha value is -8.40. The average Bonchev–Trinajstić information content (AvgIpc) is 3.91. The third kappa shape index (κ3) is 6.38. The molecule has 0 spiro atoms. The summed E-state index contributed by atoms with van der Waals surface area (Å²) in [6.45, 7) is 0. The summed E-state index contributed by atoms with van der Waals surface area (Å²) in [5.41, 5.74) is 17.9. The fraction of sp³-hybridized carbons (Fsp3) is 0. The lowest BCUT2D eigenvalue weighted by Crippen LogP contribution is -2.11. The third-order valence-electron chi connectivity index (χ3n) is 12.4. The van der Waals surface area contributed by atoms with Gasteiger partial charge in [0.15, 0.2) is 0 Å². The minimum atomic E-state index is 0.886. The quantitative estimate of drug-likeness (QED) is 0.153. The third-order valence-corrected chi connectivity index (χ3v) is 12.4. The molecule has 0 bridgehead atoms. The van der Waals surface area contributed by atoms with E-state index >= 15 is 0 Å². The van der Waals surface area contributed by atoms with Crippen molar-refractivity contribution < 1.29 is 4.42 Å². The lowest BCUT2D eigenvalue weighted by Gasteiger charge is -2.28. The van der Waals surface area contributed by atoms with Crippen molar-refractivity contribution in [2.45, 2.75) is 0 Å². The Labute approximate surface area is 366 Å². The zero-order chi connectivity index (χ0) is 41.7. The average molecular weight is 805 g/mol. The lowest BCUT2D eigenvalue weighted by atomic mass is 9.94. The fourth-order valence-electron chi connectivity index (χ4n) is 9.45.